The summed E-state index contributed by atoms with van der Waals surface area (Å²) in [6, 6.07) is 17.3. The molecule has 7 aliphatic rings. The number of nitrogens with zero attached hydrogens (tertiary/aromatic N) is 10. The third-order valence-corrected chi connectivity index (χ3v) is 22.4. The van der Waals surface area contributed by atoms with Gasteiger partial charge in [-0.1, -0.05) is 81.6 Å². The minimum atomic E-state index is -1.09. The number of amides is 4. The van der Waals surface area contributed by atoms with Gasteiger partial charge in [0, 0.05) is 85.6 Å². The van der Waals surface area contributed by atoms with Gasteiger partial charge >= 0.3 is 5.97 Å². The molecule has 6 atom stereocenters. The first kappa shape index (κ1) is 60.7. The monoisotopic (exact) mass is 1230 g/mol. The molecular weight excluding hydrogens is 1140 g/mol. The molecule has 13 rings (SSSR count). The van der Waals surface area contributed by atoms with E-state index in [1.807, 2.05) is 65.4 Å². The van der Waals surface area contributed by atoms with Crippen molar-refractivity contribution in [3.05, 3.63) is 100.0 Å². The van der Waals surface area contributed by atoms with Crippen LogP contribution in [0.4, 0.5) is 22.6 Å². The van der Waals surface area contributed by atoms with E-state index in [-0.39, 0.29) is 46.8 Å². The Morgan fingerprint density at radius 3 is 2.44 bits per heavy atom. The Morgan fingerprint density at radius 2 is 1.64 bits per heavy atom. The molecule has 2 bridgehead atoms. The minimum Gasteiger partial charge on any atom is -0.476 e. The van der Waals surface area contributed by atoms with E-state index >= 15 is 0 Å². The largest absolute Gasteiger partial charge is 0.476 e. The average molecular weight is 1230 g/mol. The van der Waals surface area contributed by atoms with E-state index in [4.69, 9.17) is 24.9 Å². The number of piperidine rings is 2. The number of hydrogen-bond donors (Lipinski definition) is 3. The molecule has 4 aliphatic heterocycles. The smallest absolute Gasteiger partial charge is 0.355 e. The molecule has 2 saturated heterocycles. The second kappa shape index (κ2) is 24.9. The molecule has 3 saturated carbocycles. The van der Waals surface area contributed by atoms with Crippen LogP contribution in [0, 0.1) is 36.0 Å². The lowest BCUT2D eigenvalue weighted by molar-refractivity contribution is -0.144. The Kier molecular flexibility index (Phi) is 17.0. The van der Waals surface area contributed by atoms with Gasteiger partial charge in [-0.2, -0.15) is 5.10 Å². The van der Waals surface area contributed by atoms with E-state index in [1.165, 1.54) is 37.7 Å². The van der Waals surface area contributed by atoms with E-state index in [2.05, 4.69) is 65.3 Å². The zero-order valence-electron chi connectivity index (χ0n) is 52.5. The van der Waals surface area contributed by atoms with Gasteiger partial charge in [0.15, 0.2) is 22.5 Å². The summed E-state index contributed by atoms with van der Waals surface area (Å²) in [7, 11) is 2.22. The fourth-order valence-corrected chi connectivity index (χ4v) is 18.1. The summed E-state index contributed by atoms with van der Waals surface area (Å²) >= 11 is 1.57. The van der Waals surface area contributed by atoms with E-state index < -0.39 is 17.9 Å². The minimum absolute atomic E-state index is 0.00624. The van der Waals surface area contributed by atoms with Crippen LogP contribution in [0.5, 0.6) is 0 Å². The van der Waals surface area contributed by atoms with Crippen LogP contribution in [0.3, 0.4) is 0 Å². The lowest BCUT2D eigenvalue weighted by Gasteiger charge is -2.60. The van der Waals surface area contributed by atoms with Crippen LogP contribution < -0.4 is 15.5 Å². The standard InChI is InChI=1S/C69H86N12O7S/c1-43-49-16-15-29-79(62(49)76-75-61(43)74-66-71-53-17-12-13-18-55(53)89-66)57-24-22-51(60(72-57)65(86)87)52-38-70-81(44(52)2)42-69-36-48(35-67(3)37-56(69)68(4,40-67)41-69)88-33-32-77(5)28-14-10-8-6-7-9-11-19-59(83)78-30-26-45(27-31-78)46-20-21-50-47(34-46)39-80(64(50)85)54-23-25-58(82)73-63(54)84/h12-13,17-18,20-22,24,34,38,45,48,54,56H,6-11,14-16,19,23,25-33,35-37,39-42H2,1-5H3,(H,86,87)(H,71,74,75)(H,73,82,84). The number of aromatic carboxylic acids is 1. The first-order chi connectivity index (χ1) is 42.9. The van der Waals surface area contributed by atoms with Gasteiger partial charge in [-0.3, -0.25) is 29.2 Å². The zero-order chi connectivity index (χ0) is 61.8. The SMILES string of the molecule is Cc1c(Nc2nc3ccccc3s2)nnc2c1CCCN2c1ccc(-c2cnn(CC34CC(OCCN(C)CCCCCCCCCC(=O)N5CCC(c6ccc7c(c6)CN(C6CCC(=O)NC6=O)C7=O)CC5)CC5(C)CC3C(C)(C5)C4)c2C)c(C(=O)O)n1. The number of rotatable bonds is 23. The molecule has 0 spiro atoms. The molecule has 8 heterocycles. The maximum Gasteiger partial charge on any atom is 0.355 e. The molecular formula is C69H86N12O7S. The fourth-order valence-electron chi connectivity index (χ4n) is 17.2. The molecule has 0 radical (unpaired) electrons. The van der Waals surface area contributed by atoms with Gasteiger partial charge in [0.1, 0.15) is 11.9 Å². The van der Waals surface area contributed by atoms with Gasteiger partial charge in [0.2, 0.25) is 17.7 Å². The van der Waals surface area contributed by atoms with Crippen LogP contribution in [0.25, 0.3) is 21.3 Å². The Bertz CT molecular complexity index is 3680. The third kappa shape index (κ3) is 12.2. The number of carbonyl (C=O) groups excluding carboxylic acids is 4. The van der Waals surface area contributed by atoms with Crippen LogP contribution >= 0.6 is 11.3 Å². The second-order valence-electron chi connectivity index (χ2n) is 27.9. The number of likely N-dealkylation sites (tertiary alicyclic amines) is 1. The lowest BCUT2D eigenvalue weighted by atomic mass is 9.45. The van der Waals surface area contributed by atoms with Crippen molar-refractivity contribution in [2.75, 3.05) is 56.6 Å². The predicted molar refractivity (Wildman–Crippen MR) is 343 cm³/mol. The number of pyridine rings is 1. The molecule has 19 nitrogen and oxygen atoms in total. The highest BCUT2D eigenvalue weighted by atomic mass is 32.1. The molecule has 2 aromatic carbocycles. The van der Waals surface area contributed by atoms with Crippen LogP contribution in [-0.4, -0.2) is 138 Å². The van der Waals surface area contributed by atoms with Crippen LogP contribution in [-0.2, 0) is 38.6 Å². The number of aromatic nitrogens is 6. The number of fused-ring (bicyclic) bond motifs is 4. The highest BCUT2D eigenvalue weighted by molar-refractivity contribution is 7.22. The fraction of sp³-hybridized carbons (Fsp3) is 0.565. The number of thiazole rings is 1. The Morgan fingerprint density at radius 1 is 0.854 bits per heavy atom. The molecule has 6 unspecified atom stereocenters. The predicted octanol–water partition coefficient (Wildman–Crippen LogP) is 11.7. The highest BCUT2D eigenvalue weighted by Gasteiger charge is 2.69. The van der Waals surface area contributed by atoms with Gasteiger partial charge in [-0.25, -0.2) is 14.8 Å². The number of ether oxygens (including phenoxy) is 1. The number of hydrogen-bond acceptors (Lipinski definition) is 15. The Labute approximate surface area is 525 Å². The summed E-state index contributed by atoms with van der Waals surface area (Å²) in [6.45, 7) is 15.1. The number of anilines is 4. The van der Waals surface area contributed by atoms with E-state index in [1.54, 1.807) is 16.2 Å². The molecule has 4 aromatic heterocycles. The molecule has 20 heteroatoms. The van der Waals surface area contributed by atoms with Crippen molar-refractivity contribution in [1.29, 1.82) is 0 Å². The molecule has 5 fully saturated rings. The molecule has 6 aromatic rings. The van der Waals surface area contributed by atoms with Crippen LogP contribution in [0.2, 0.25) is 0 Å². The Balaban J connectivity index is 0.540. The van der Waals surface area contributed by atoms with Gasteiger partial charge in [0.25, 0.3) is 5.91 Å². The highest BCUT2D eigenvalue weighted by Crippen LogP contribution is 2.76. The summed E-state index contributed by atoms with van der Waals surface area (Å²) in [5.41, 5.74) is 8.64. The summed E-state index contributed by atoms with van der Waals surface area (Å²) in [6.07, 6.45) is 20.3. The topological polar surface area (TPSA) is 221 Å². The summed E-state index contributed by atoms with van der Waals surface area (Å²) in [4.78, 5) is 81.4. The number of carboxylic acid groups (broad SMARTS) is 1. The third-order valence-electron chi connectivity index (χ3n) is 21.5. The molecule has 470 valence electrons. The van der Waals surface area contributed by atoms with Crippen molar-refractivity contribution in [2.45, 2.75) is 181 Å². The molecule has 89 heavy (non-hydrogen) atoms. The van der Waals surface area contributed by atoms with Crippen molar-refractivity contribution < 1.29 is 33.8 Å². The van der Waals surface area contributed by atoms with Crippen molar-refractivity contribution in [3.8, 4) is 11.1 Å². The summed E-state index contributed by atoms with van der Waals surface area (Å²) in [5, 5.41) is 31.6. The Hall–Kier alpha value is -7.16. The number of likely N-dealkylation sites (N-methyl/N-ethyl adjacent to an activating group) is 1. The van der Waals surface area contributed by atoms with Crippen molar-refractivity contribution in [1.82, 2.24) is 50.0 Å². The van der Waals surface area contributed by atoms with E-state index in [0.29, 0.717) is 78.4 Å². The number of carboxylic acids is 1. The zero-order valence-corrected chi connectivity index (χ0v) is 53.3. The number of benzene rings is 2. The van der Waals surface area contributed by atoms with E-state index in [0.717, 1.165) is 147 Å². The molecule has 3 aliphatic carbocycles. The average Bonchev–Trinajstić information content (AvgIpc) is 1.61. The van der Waals surface area contributed by atoms with Crippen molar-refractivity contribution in [2.24, 2.45) is 22.2 Å². The molecule has 4 amide bonds. The summed E-state index contributed by atoms with van der Waals surface area (Å²) < 4.78 is 10.1. The summed E-state index contributed by atoms with van der Waals surface area (Å²) in [5.74, 6) is 1.14. The van der Waals surface area contributed by atoms with Crippen molar-refractivity contribution >= 4 is 73.7 Å². The number of para-hydroxylation sites is 1. The maximum atomic E-state index is 13.2. The van der Waals surface area contributed by atoms with Gasteiger partial charge in [-0.05, 0) is 174 Å². The first-order valence-electron chi connectivity index (χ1n) is 32.8. The number of carbonyl (C=O) groups is 5. The van der Waals surface area contributed by atoms with Crippen molar-refractivity contribution in [3.63, 3.8) is 0 Å². The van der Waals surface area contributed by atoms with E-state index in [9.17, 15) is 29.1 Å². The quantitative estimate of drug-likeness (QED) is 0.0401. The number of unbranched alkanes of at least 4 members (excludes halogenated alkanes) is 6. The first-order valence-corrected chi connectivity index (χ1v) is 33.6. The van der Waals surface area contributed by atoms with Gasteiger partial charge in [0.05, 0.1) is 29.1 Å². The van der Waals surface area contributed by atoms with Gasteiger partial charge in [-0.15, -0.1) is 10.2 Å². The van der Waals surface area contributed by atoms with Crippen LogP contribution in [0.1, 0.15) is 184 Å². The van der Waals surface area contributed by atoms with Gasteiger partial charge < -0.3 is 34.8 Å². The molecule has 3 N–H and O–H groups in total. The second-order valence-corrected chi connectivity index (χ2v) is 28.9. The lowest BCUT2D eigenvalue weighted by Crippen LogP contribution is -2.56. The number of imide groups is 1. The maximum absolute atomic E-state index is 13.2. The number of nitrogens with one attached hydrogen (secondary N) is 2. The van der Waals surface area contributed by atoms with Crippen LogP contribution in [0.15, 0.2) is 60.8 Å². The normalized spacial score (nSPS) is 24.9.